The van der Waals surface area contributed by atoms with Gasteiger partial charge in [-0.05, 0) is 37.3 Å². The molecule has 0 unspecified atom stereocenters. The van der Waals surface area contributed by atoms with Gasteiger partial charge in [-0.1, -0.05) is 35.3 Å². The highest BCUT2D eigenvalue weighted by Gasteiger charge is 2.30. The minimum atomic E-state index is -3.76. The van der Waals surface area contributed by atoms with Gasteiger partial charge in [0.2, 0.25) is 15.9 Å². The molecule has 0 aromatic heterocycles. The van der Waals surface area contributed by atoms with Crippen molar-refractivity contribution in [1.82, 2.24) is 5.32 Å². The van der Waals surface area contributed by atoms with Crippen molar-refractivity contribution in [2.24, 2.45) is 0 Å². The number of sulfonamides is 1. The van der Waals surface area contributed by atoms with Gasteiger partial charge in [0, 0.05) is 0 Å². The van der Waals surface area contributed by atoms with Crippen molar-refractivity contribution in [3.05, 3.63) is 52.5 Å². The van der Waals surface area contributed by atoms with Gasteiger partial charge < -0.3 is 14.8 Å². The second-order valence-corrected chi connectivity index (χ2v) is 9.25. The van der Waals surface area contributed by atoms with Crippen LogP contribution in [0.4, 0.5) is 5.69 Å². The molecule has 0 saturated carbocycles. The topological polar surface area (TPSA) is 84.9 Å². The van der Waals surface area contributed by atoms with Crippen molar-refractivity contribution < 1.29 is 22.7 Å². The molecule has 156 valence electrons. The lowest BCUT2D eigenvalue weighted by Gasteiger charge is -2.30. The van der Waals surface area contributed by atoms with Crippen LogP contribution in [0.1, 0.15) is 6.92 Å². The third-order valence-corrected chi connectivity index (χ3v) is 6.30. The van der Waals surface area contributed by atoms with Crippen molar-refractivity contribution >= 4 is 44.8 Å². The summed E-state index contributed by atoms with van der Waals surface area (Å²) >= 11 is 11.9. The van der Waals surface area contributed by atoms with E-state index in [2.05, 4.69) is 5.32 Å². The summed E-state index contributed by atoms with van der Waals surface area (Å²) < 4.78 is 37.1. The molecule has 1 aliphatic rings. The minimum absolute atomic E-state index is 0.163. The Morgan fingerprint density at radius 2 is 1.90 bits per heavy atom. The Morgan fingerprint density at radius 1 is 1.21 bits per heavy atom. The molecule has 0 aliphatic carbocycles. The molecule has 0 fully saturated rings. The van der Waals surface area contributed by atoms with E-state index in [1.807, 2.05) is 12.1 Å². The van der Waals surface area contributed by atoms with Gasteiger partial charge in [0.1, 0.15) is 18.8 Å². The molecule has 3 rings (SSSR count). The summed E-state index contributed by atoms with van der Waals surface area (Å²) in [6.07, 6.45) is 0.631. The van der Waals surface area contributed by atoms with Crippen molar-refractivity contribution in [3.8, 4) is 11.5 Å². The highest BCUT2D eigenvalue weighted by atomic mass is 35.5. The van der Waals surface area contributed by atoms with E-state index in [-0.39, 0.29) is 28.9 Å². The van der Waals surface area contributed by atoms with Crippen LogP contribution < -0.4 is 19.1 Å². The molecule has 2 aromatic carbocycles. The van der Waals surface area contributed by atoms with Gasteiger partial charge in [-0.3, -0.25) is 9.10 Å². The Hall–Kier alpha value is -2.16. The first-order chi connectivity index (χ1) is 13.7. The third kappa shape index (κ3) is 5.07. The monoisotopic (exact) mass is 458 g/mol. The number of benzene rings is 2. The average molecular weight is 459 g/mol. The van der Waals surface area contributed by atoms with Crippen LogP contribution in [0.5, 0.6) is 11.5 Å². The molecule has 10 heteroatoms. The van der Waals surface area contributed by atoms with Crippen LogP contribution in [0.15, 0.2) is 42.5 Å². The zero-order valence-corrected chi connectivity index (χ0v) is 18.1. The summed E-state index contributed by atoms with van der Waals surface area (Å²) in [6.45, 7) is 1.93. The van der Waals surface area contributed by atoms with Crippen LogP contribution in [0, 0.1) is 0 Å². The Bertz CT molecular complexity index is 1020. The van der Waals surface area contributed by atoms with Gasteiger partial charge in [-0.15, -0.1) is 0 Å². The number of hydrogen-bond acceptors (Lipinski definition) is 5. The van der Waals surface area contributed by atoms with Gasteiger partial charge >= 0.3 is 0 Å². The molecule has 1 heterocycles. The zero-order chi connectivity index (χ0) is 21.2. The Balaban J connectivity index is 1.69. The lowest BCUT2D eigenvalue weighted by Crippen LogP contribution is -2.50. The number of amides is 1. The summed E-state index contributed by atoms with van der Waals surface area (Å²) in [5.41, 5.74) is 0.246. The quantitative estimate of drug-likeness (QED) is 0.718. The van der Waals surface area contributed by atoms with Crippen molar-refractivity contribution in [1.29, 1.82) is 0 Å². The van der Waals surface area contributed by atoms with Gasteiger partial charge in [0.15, 0.2) is 11.5 Å². The summed E-state index contributed by atoms with van der Waals surface area (Å²) in [7, 11) is -3.76. The molecular formula is C19H20Cl2N2O5S. The van der Waals surface area contributed by atoms with E-state index in [4.69, 9.17) is 32.7 Å². The molecule has 0 spiro atoms. The maximum atomic E-state index is 12.7. The number of nitrogens with zero attached hydrogens (tertiary/aromatic N) is 1. The number of anilines is 1. The fourth-order valence-electron chi connectivity index (χ4n) is 2.96. The van der Waals surface area contributed by atoms with E-state index in [0.29, 0.717) is 11.5 Å². The van der Waals surface area contributed by atoms with Crippen LogP contribution in [0.2, 0.25) is 10.0 Å². The molecule has 2 aromatic rings. The van der Waals surface area contributed by atoms with Crippen molar-refractivity contribution in [2.45, 2.75) is 19.1 Å². The maximum absolute atomic E-state index is 12.7. The Morgan fingerprint density at radius 3 is 2.55 bits per heavy atom. The second-order valence-electron chi connectivity index (χ2n) is 6.58. The summed E-state index contributed by atoms with van der Waals surface area (Å²) in [4.78, 5) is 12.7. The number of para-hydroxylation sites is 2. The van der Waals surface area contributed by atoms with Crippen molar-refractivity contribution in [2.75, 3.05) is 23.7 Å². The average Bonchev–Trinajstić information content (AvgIpc) is 2.67. The highest BCUT2D eigenvalue weighted by Crippen LogP contribution is 2.31. The molecule has 1 aliphatic heterocycles. The summed E-state index contributed by atoms with van der Waals surface area (Å²) in [5.74, 6) is 0.759. The van der Waals surface area contributed by atoms with E-state index < -0.39 is 28.1 Å². The molecule has 7 nitrogen and oxygen atoms in total. The Labute approximate surface area is 179 Å². The lowest BCUT2D eigenvalue weighted by molar-refractivity contribution is -0.122. The fraction of sp³-hybridized carbons (Fsp3) is 0.316. The molecule has 2 atom stereocenters. The van der Waals surface area contributed by atoms with Gasteiger partial charge in [-0.25, -0.2) is 8.42 Å². The van der Waals surface area contributed by atoms with E-state index in [9.17, 15) is 13.2 Å². The van der Waals surface area contributed by atoms with Crippen LogP contribution in [0.3, 0.4) is 0 Å². The maximum Gasteiger partial charge on any atom is 0.243 e. The smallest absolute Gasteiger partial charge is 0.243 e. The van der Waals surface area contributed by atoms with E-state index in [1.165, 1.54) is 25.1 Å². The fourth-order valence-corrected chi connectivity index (χ4v) is 4.42. The SMILES string of the molecule is C[C@H](C(=O)NC[C@@H]1COc2ccccc2O1)N(c1ccc(Cl)c(Cl)c1)S(C)(=O)=O. The van der Waals surface area contributed by atoms with Gasteiger partial charge in [-0.2, -0.15) is 0 Å². The standard InChI is InChI=1S/C19H20Cl2N2O5S/c1-12(23(29(2,25)26)13-7-8-15(20)16(21)9-13)19(24)22-10-14-11-27-17-5-3-4-6-18(17)28-14/h3-9,12,14H,10-11H2,1-2H3,(H,22,24)/t12-,14-/m1/s1. The van der Waals surface area contributed by atoms with Crippen LogP contribution in [0.25, 0.3) is 0 Å². The Kier molecular flexibility index (Phi) is 6.45. The largest absolute Gasteiger partial charge is 0.486 e. The number of halogens is 2. The second kappa shape index (κ2) is 8.69. The number of hydrogen-bond donors (Lipinski definition) is 1. The number of carbonyl (C=O) groups is 1. The van der Waals surface area contributed by atoms with E-state index >= 15 is 0 Å². The predicted octanol–water partition coefficient (Wildman–Crippen LogP) is 3.10. The molecule has 0 bridgehead atoms. The lowest BCUT2D eigenvalue weighted by atomic mass is 10.2. The first kappa shape index (κ1) is 21.5. The molecule has 1 N–H and O–H groups in total. The normalized spacial score (nSPS) is 16.8. The van der Waals surface area contributed by atoms with E-state index in [1.54, 1.807) is 12.1 Å². The van der Waals surface area contributed by atoms with Crippen LogP contribution in [-0.4, -0.2) is 45.9 Å². The summed E-state index contributed by atoms with van der Waals surface area (Å²) in [6, 6.07) is 10.6. The number of carbonyl (C=O) groups excluding carboxylic acids is 1. The summed E-state index contributed by atoms with van der Waals surface area (Å²) in [5, 5.41) is 3.20. The number of nitrogens with one attached hydrogen (secondary N) is 1. The van der Waals surface area contributed by atoms with Gasteiger partial charge in [0.05, 0.1) is 28.5 Å². The number of ether oxygens (including phenoxy) is 2. The number of rotatable bonds is 6. The zero-order valence-electron chi connectivity index (χ0n) is 15.8. The predicted molar refractivity (Wildman–Crippen MR) is 113 cm³/mol. The minimum Gasteiger partial charge on any atom is -0.486 e. The third-order valence-electron chi connectivity index (χ3n) is 4.32. The van der Waals surface area contributed by atoms with Crippen LogP contribution in [-0.2, 0) is 14.8 Å². The first-order valence-electron chi connectivity index (χ1n) is 8.77. The van der Waals surface area contributed by atoms with E-state index in [0.717, 1.165) is 10.6 Å². The molecule has 0 saturated heterocycles. The van der Waals surface area contributed by atoms with Gasteiger partial charge in [0.25, 0.3) is 0 Å². The molecule has 0 radical (unpaired) electrons. The first-order valence-corrected chi connectivity index (χ1v) is 11.4. The van der Waals surface area contributed by atoms with Crippen molar-refractivity contribution in [3.63, 3.8) is 0 Å². The highest BCUT2D eigenvalue weighted by molar-refractivity contribution is 7.92. The number of fused-ring (bicyclic) bond motifs is 1. The molecule has 1 amide bonds. The molecular weight excluding hydrogens is 439 g/mol. The molecule has 29 heavy (non-hydrogen) atoms. The van der Waals surface area contributed by atoms with Crippen LogP contribution >= 0.6 is 23.2 Å².